The molecule has 1 saturated carbocycles. The molecule has 0 aliphatic heterocycles. The van der Waals surface area contributed by atoms with E-state index in [1.54, 1.807) is 35.0 Å². The fourth-order valence-corrected chi connectivity index (χ4v) is 4.60. The third kappa shape index (κ3) is 3.28. The Balaban J connectivity index is 1.91. The normalized spacial score (nSPS) is 15.8. The third-order valence-corrected chi connectivity index (χ3v) is 6.51. The van der Waals surface area contributed by atoms with Crippen LogP contribution in [-0.4, -0.2) is 40.3 Å². The second kappa shape index (κ2) is 7.01. The summed E-state index contributed by atoms with van der Waals surface area (Å²) >= 11 is 0. The maximum atomic E-state index is 11.8. The molecule has 4 rings (SSSR count). The highest BCUT2D eigenvalue weighted by Gasteiger charge is 2.25. The number of fused-ring (bicyclic) bond motifs is 1. The van der Waals surface area contributed by atoms with E-state index in [9.17, 15) is 18.3 Å². The Kier molecular flexibility index (Phi) is 4.66. The number of hydrogen-bond acceptors (Lipinski definition) is 5. The maximum Gasteiger partial charge on any atom is 0.341 e. The number of nitrogens with zero attached hydrogens (tertiary/aromatic N) is 3. The molecule has 0 spiro atoms. The number of rotatable bonds is 4. The highest BCUT2D eigenvalue weighted by molar-refractivity contribution is 7.90. The first-order valence-corrected chi connectivity index (χ1v) is 11.2. The number of carboxylic acids is 1. The average molecular weight is 399 g/mol. The molecule has 1 aliphatic rings. The van der Waals surface area contributed by atoms with E-state index in [2.05, 4.69) is 10.1 Å². The van der Waals surface area contributed by atoms with Gasteiger partial charge in [0, 0.05) is 23.9 Å². The molecule has 8 heteroatoms. The topological polar surface area (TPSA) is 102 Å². The van der Waals surface area contributed by atoms with E-state index < -0.39 is 15.8 Å². The van der Waals surface area contributed by atoms with E-state index in [0.717, 1.165) is 42.5 Å². The summed E-state index contributed by atoms with van der Waals surface area (Å²) in [6.07, 6.45) is 9.66. The molecule has 0 bridgehead atoms. The van der Waals surface area contributed by atoms with Crippen molar-refractivity contribution < 1.29 is 18.3 Å². The first-order valence-electron chi connectivity index (χ1n) is 9.26. The van der Waals surface area contributed by atoms with Crippen LogP contribution in [0.4, 0.5) is 0 Å². The molecule has 1 N–H and O–H groups in total. The summed E-state index contributed by atoms with van der Waals surface area (Å²) in [6.45, 7) is 0. The van der Waals surface area contributed by atoms with Gasteiger partial charge in [0.25, 0.3) is 0 Å². The SMILES string of the molecule is CS(=O)(=O)c1ccc(-c2cnc3c(C(=O)O)cnn3c2C2CCCCC2)cc1. The first kappa shape index (κ1) is 18.6. The molecule has 0 atom stereocenters. The molecule has 3 aromatic rings. The third-order valence-electron chi connectivity index (χ3n) is 5.38. The number of carbonyl (C=O) groups is 1. The van der Waals surface area contributed by atoms with E-state index in [1.165, 1.54) is 18.9 Å². The van der Waals surface area contributed by atoms with E-state index in [4.69, 9.17) is 0 Å². The highest BCUT2D eigenvalue weighted by Crippen LogP contribution is 2.38. The van der Waals surface area contributed by atoms with Crippen molar-refractivity contribution in [2.75, 3.05) is 6.26 Å². The van der Waals surface area contributed by atoms with Gasteiger partial charge in [-0.05, 0) is 30.5 Å². The van der Waals surface area contributed by atoms with Crippen molar-refractivity contribution in [1.29, 1.82) is 0 Å². The number of hydrogen-bond donors (Lipinski definition) is 1. The lowest BCUT2D eigenvalue weighted by atomic mass is 9.84. The number of aromatic carboxylic acids is 1. The van der Waals surface area contributed by atoms with Crippen LogP contribution in [0.3, 0.4) is 0 Å². The summed E-state index contributed by atoms with van der Waals surface area (Å²) in [7, 11) is -3.27. The van der Waals surface area contributed by atoms with Gasteiger partial charge in [-0.1, -0.05) is 31.4 Å². The molecule has 0 saturated heterocycles. The van der Waals surface area contributed by atoms with Crippen molar-refractivity contribution in [3.8, 4) is 11.1 Å². The molecule has 7 nitrogen and oxygen atoms in total. The summed E-state index contributed by atoms with van der Waals surface area (Å²) in [5.41, 5.74) is 3.07. The van der Waals surface area contributed by atoms with Crippen molar-refractivity contribution in [3.05, 3.63) is 47.9 Å². The van der Waals surface area contributed by atoms with Gasteiger partial charge < -0.3 is 5.11 Å². The van der Waals surface area contributed by atoms with Gasteiger partial charge in [0.1, 0.15) is 5.56 Å². The molecule has 146 valence electrons. The van der Waals surface area contributed by atoms with Crippen LogP contribution in [0.15, 0.2) is 41.6 Å². The summed E-state index contributed by atoms with van der Waals surface area (Å²) < 4.78 is 25.2. The van der Waals surface area contributed by atoms with Crippen molar-refractivity contribution in [1.82, 2.24) is 14.6 Å². The standard InChI is InChI=1S/C20H21N3O4S/c1-28(26,27)15-9-7-13(8-10-15)16-11-21-19-17(20(24)25)12-22-23(19)18(16)14-5-3-2-4-6-14/h7-12,14H,2-6H2,1H3,(H,24,25). The lowest BCUT2D eigenvalue weighted by Crippen LogP contribution is -2.13. The molecule has 28 heavy (non-hydrogen) atoms. The Morgan fingerprint density at radius 2 is 1.79 bits per heavy atom. The average Bonchev–Trinajstić information content (AvgIpc) is 3.12. The Labute approximate surface area is 163 Å². The molecule has 1 aliphatic carbocycles. The van der Waals surface area contributed by atoms with E-state index in [1.807, 2.05) is 0 Å². The zero-order valence-electron chi connectivity index (χ0n) is 15.5. The molecule has 0 amide bonds. The van der Waals surface area contributed by atoms with Crippen LogP contribution in [0.5, 0.6) is 0 Å². The zero-order valence-corrected chi connectivity index (χ0v) is 16.3. The predicted molar refractivity (Wildman–Crippen MR) is 104 cm³/mol. The molecular weight excluding hydrogens is 378 g/mol. The van der Waals surface area contributed by atoms with Crippen LogP contribution in [-0.2, 0) is 9.84 Å². The number of benzene rings is 1. The minimum atomic E-state index is -3.27. The summed E-state index contributed by atoms with van der Waals surface area (Å²) in [5, 5.41) is 13.8. The van der Waals surface area contributed by atoms with Crippen LogP contribution >= 0.6 is 0 Å². The largest absolute Gasteiger partial charge is 0.477 e. The predicted octanol–water partition coefficient (Wildman–Crippen LogP) is 3.55. The van der Waals surface area contributed by atoms with Crippen LogP contribution in [0.1, 0.15) is 54.1 Å². The van der Waals surface area contributed by atoms with E-state index >= 15 is 0 Å². The molecule has 1 aromatic carbocycles. The van der Waals surface area contributed by atoms with Gasteiger partial charge in [0.2, 0.25) is 0 Å². The molecule has 1 fully saturated rings. The first-order chi connectivity index (χ1) is 13.4. The number of aromatic nitrogens is 3. The van der Waals surface area contributed by atoms with Crippen molar-refractivity contribution >= 4 is 21.5 Å². The fourth-order valence-electron chi connectivity index (χ4n) is 3.97. The monoisotopic (exact) mass is 399 g/mol. The lowest BCUT2D eigenvalue weighted by molar-refractivity contribution is 0.0698. The Hall–Kier alpha value is -2.74. The zero-order chi connectivity index (χ0) is 19.9. The van der Waals surface area contributed by atoms with Crippen LogP contribution < -0.4 is 0 Å². The molecule has 2 aromatic heterocycles. The minimum Gasteiger partial charge on any atom is -0.477 e. The number of carboxylic acid groups (broad SMARTS) is 1. The highest BCUT2D eigenvalue weighted by atomic mass is 32.2. The minimum absolute atomic E-state index is 0.0797. The van der Waals surface area contributed by atoms with Gasteiger partial charge >= 0.3 is 5.97 Å². The summed E-state index contributed by atoms with van der Waals surface area (Å²) in [6, 6.07) is 6.72. The molecule has 2 heterocycles. The smallest absolute Gasteiger partial charge is 0.341 e. The van der Waals surface area contributed by atoms with Crippen LogP contribution in [0.25, 0.3) is 16.8 Å². The fraction of sp³-hybridized carbons (Fsp3) is 0.350. The second-order valence-corrected chi connectivity index (χ2v) is 9.30. The van der Waals surface area contributed by atoms with Crippen LogP contribution in [0, 0.1) is 0 Å². The van der Waals surface area contributed by atoms with Crippen molar-refractivity contribution in [2.45, 2.75) is 42.9 Å². The van der Waals surface area contributed by atoms with Gasteiger partial charge in [-0.3, -0.25) is 0 Å². The quantitative estimate of drug-likeness (QED) is 0.720. The lowest BCUT2D eigenvalue weighted by Gasteiger charge is -2.25. The summed E-state index contributed by atoms with van der Waals surface area (Å²) in [5.74, 6) is -0.798. The maximum absolute atomic E-state index is 11.8. The van der Waals surface area contributed by atoms with Crippen molar-refractivity contribution in [2.24, 2.45) is 0 Å². The Bertz CT molecular complexity index is 1140. The van der Waals surface area contributed by atoms with Crippen LogP contribution in [0.2, 0.25) is 0 Å². The Morgan fingerprint density at radius 1 is 1.11 bits per heavy atom. The summed E-state index contributed by atoms with van der Waals surface area (Å²) in [4.78, 5) is 16.1. The Morgan fingerprint density at radius 3 is 2.39 bits per heavy atom. The van der Waals surface area contributed by atoms with Gasteiger partial charge in [-0.25, -0.2) is 22.7 Å². The van der Waals surface area contributed by atoms with Crippen molar-refractivity contribution in [3.63, 3.8) is 0 Å². The van der Waals surface area contributed by atoms with Gasteiger partial charge in [-0.15, -0.1) is 0 Å². The number of sulfone groups is 1. The molecular formula is C20H21N3O4S. The van der Waals surface area contributed by atoms with Gasteiger partial charge in [0.05, 0.1) is 16.8 Å². The van der Waals surface area contributed by atoms with Gasteiger partial charge in [0.15, 0.2) is 15.5 Å². The van der Waals surface area contributed by atoms with E-state index in [-0.39, 0.29) is 16.4 Å². The second-order valence-electron chi connectivity index (χ2n) is 7.29. The molecule has 0 unspecified atom stereocenters. The van der Waals surface area contributed by atoms with Gasteiger partial charge in [-0.2, -0.15) is 5.10 Å². The molecule has 0 radical (unpaired) electrons. The van der Waals surface area contributed by atoms with E-state index in [0.29, 0.717) is 5.65 Å².